The van der Waals surface area contributed by atoms with Gasteiger partial charge in [0, 0.05) is 18.8 Å². The molecule has 2 unspecified atom stereocenters. The second-order valence-corrected chi connectivity index (χ2v) is 6.47. The van der Waals surface area contributed by atoms with Gasteiger partial charge in [-0.1, -0.05) is 30.3 Å². The standard InChI is InChI=1S/C21H21N3O2/c1-2-24(14-16-6-4-3-5-7-16)21(26)19-12-18(19)20(25)23-17-10-8-15(13-22)9-11-17/h3-11,18-19H,2,12,14H2,1H3,(H,23,25). The Bertz CT molecular complexity index is 825. The molecule has 132 valence electrons. The van der Waals surface area contributed by atoms with Crippen molar-refractivity contribution in [2.24, 2.45) is 11.8 Å². The van der Waals surface area contributed by atoms with Crippen LogP contribution in [0.25, 0.3) is 0 Å². The molecular formula is C21H21N3O2. The van der Waals surface area contributed by atoms with Crippen LogP contribution in [0.3, 0.4) is 0 Å². The zero-order valence-electron chi connectivity index (χ0n) is 14.7. The number of hydrogen-bond acceptors (Lipinski definition) is 3. The lowest BCUT2D eigenvalue weighted by molar-refractivity contribution is -0.134. The monoisotopic (exact) mass is 347 g/mol. The summed E-state index contributed by atoms with van der Waals surface area (Å²) in [6.07, 6.45) is 0.590. The van der Waals surface area contributed by atoms with E-state index in [4.69, 9.17) is 5.26 Å². The summed E-state index contributed by atoms with van der Waals surface area (Å²) in [4.78, 5) is 26.9. The lowest BCUT2D eigenvalue weighted by Gasteiger charge is -2.21. The molecule has 2 aromatic carbocycles. The van der Waals surface area contributed by atoms with Crippen LogP contribution in [0.4, 0.5) is 5.69 Å². The summed E-state index contributed by atoms with van der Waals surface area (Å²) in [5.74, 6) is -0.611. The largest absolute Gasteiger partial charge is 0.338 e. The molecule has 3 rings (SSSR count). The van der Waals surface area contributed by atoms with Crippen molar-refractivity contribution in [3.8, 4) is 6.07 Å². The van der Waals surface area contributed by atoms with E-state index in [1.807, 2.05) is 43.3 Å². The number of rotatable bonds is 6. The molecule has 2 amide bonds. The Labute approximate surface area is 153 Å². The Kier molecular flexibility index (Phi) is 5.33. The van der Waals surface area contributed by atoms with E-state index in [0.717, 1.165) is 5.56 Å². The predicted molar refractivity (Wildman–Crippen MR) is 98.9 cm³/mol. The van der Waals surface area contributed by atoms with Gasteiger partial charge in [0.15, 0.2) is 0 Å². The molecule has 0 radical (unpaired) electrons. The fourth-order valence-corrected chi connectivity index (χ4v) is 3.00. The van der Waals surface area contributed by atoms with E-state index in [0.29, 0.717) is 30.8 Å². The van der Waals surface area contributed by atoms with Crippen LogP contribution in [0.2, 0.25) is 0 Å². The number of hydrogen-bond donors (Lipinski definition) is 1. The lowest BCUT2D eigenvalue weighted by Crippen LogP contribution is -2.33. The van der Waals surface area contributed by atoms with Crippen LogP contribution in [-0.2, 0) is 16.1 Å². The van der Waals surface area contributed by atoms with E-state index < -0.39 is 0 Å². The predicted octanol–water partition coefficient (Wildman–Crippen LogP) is 3.18. The van der Waals surface area contributed by atoms with Gasteiger partial charge in [0.25, 0.3) is 0 Å². The van der Waals surface area contributed by atoms with E-state index in [2.05, 4.69) is 5.32 Å². The molecule has 0 bridgehead atoms. The van der Waals surface area contributed by atoms with Gasteiger partial charge in [-0.25, -0.2) is 0 Å². The number of nitrogens with zero attached hydrogens (tertiary/aromatic N) is 2. The Balaban J connectivity index is 1.56. The van der Waals surface area contributed by atoms with E-state index in [1.165, 1.54) is 0 Å². The van der Waals surface area contributed by atoms with Gasteiger partial charge < -0.3 is 10.2 Å². The third kappa shape index (κ3) is 4.09. The first kappa shape index (κ1) is 17.7. The van der Waals surface area contributed by atoms with Gasteiger partial charge >= 0.3 is 0 Å². The topological polar surface area (TPSA) is 73.2 Å². The molecule has 1 saturated carbocycles. The van der Waals surface area contributed by atoms with Gasteiger partial charge in [-0.05, 0) is 43.2 Å². The van der Waals surface area contributed by atoms with E-state index in [9.17, 15) is 9.59 Å². The van der Waals surface area contributed by atoms with Gasteiger partial charge in [-0.2, -0.15) is 5.26 Å². The Morgan fingerprint density at radius 3 is 2.42 bits per heavy atom. The first-order chi connectivity index (χ1) is 12.6. The Morgan fingerprint density at radius 1 is 1.12 bits per heavy atom. The average Bonchev–Trinajstić information content (AvgIpc) is 3.48. The van der Waals surface area contributed by atoms with E-state index in [1.54, 1.807) is 29.2 Å². The van der Waals surface area contributed by atoms with Crippen molar-refractivity contribution in [2.75, 3.05) is 11.9 Å². The van der Waals surface area contributed by atoms with E-state index >= 15 is 0 Å². The maximum absolute atomic E-state index is 12.7. The average molecular weight is 347 g/mol. The summed E-state index contributed by atoms with van der Waals surface area (Å²) in [5, 5.41) is 11.6. The van der Waals surface area contributed by atoms with Crippen LogP contribution in [0.5, 0.6) is 0 Å². The van der Waals surface area contributed by atoms with Crippen LogP contribution in [0.15, 0.2) is 54.6 Å². The molecule has 1 aliphatic rings. The Hall–Kier alpha value is -3.13. The lowest BCUT2D eigenvalue weighted by atomic mass is 10.2. The molecule has 2 atom stereocenters. The van der Waals surface area contributed by atoms with Crippen molar-refractivity contribution in [2.45, 2.75) is 19.9 Å². The van der Waals surface area contributed by atoms with Crippen LogP contribution >= 0.6 is 0 Å². The highest BCUT2D eigenvalue weighted by molar-refractivity contribution is 5.99. The summed E-state index contributed by atoms with van der Waals surface area (Å²) >= 11 is 0. The molecule has 5 nitrogen and oxygen atoms in total. The molecule has 26 heavy (non-hydrogen) atoms. The van der Waals surface area contributed by atoms with Gasteiger partial charge in [0.2, 0.25) is 11.8 Å². The molecule has 0 spiro atoms. The minimum absolute atomic E-state index is 0.0383. The number of nitriles is 1. The third-order valence-corrected chi connectivity index (χ3v) is 4.64. The highest BCUT2D eigenvalue weighted by Gasteiger charge is 2.49. The van der Waals surface area contributed by atoms with Crippen molar-refractivity contribution < 1.29 is 9.59 Å². The van der Waals surface area contributed by atoms with Gasteiger partial charge in [-0.15, -0.1) is 0 Å². The van der Waals surface area contributed by atoms with Crippen molar-refractivity contribution in [3.63, 3.8) is 0 Å². The van der Waals surface area contributed by atoms with Crippen LogP contribution < -0.4 is 5.32 Å². The van der Waals surface area contributed by atoms with E-state index in [-0.39, 0.29) is 23.7 Å². The minimum Gasteiger partial charge on any atom is -0.338 e. The summed E-state index contributed by atoms with van der Waals surface area (Å²) in [7, 11) is 0. The normalized spacial score (nSPS) is 17.8. The molecule has 1 aliphatic carbocycles. The molecule has 0 aliphatic heterocycles. The smallest absolute Gasteiger partial charge is 0.228 e. The highest BCUT2D eigenvalue weighted by Crippen LogP contribution is 2.41. The number of anilines is 1. The number of nitrogens with one attached hydrogen (secondary N) is 1. The minimum atomic E-state index is -0.275. The number of carbonyl (C=O) groups is 2. The van der Waals surface area contributed by atoms with Crippen LogP contribution in [-0.4, -0.2) is 23.3 Å². The van der Waals surface area contributed by atoms with Crippen molar-refractivity contribution in [1.29, 1.82) is 5.26 Å². The SMILES string of the molecule is CCN(Cc1ccccc1)C(=O)C1CC1C(=O)Nc1ccc(C#N)cc1. The maximum Gasteiger partial charge on any atom is 0.228 e. The third-order valence-electron chi connectivity index (χ3n) is 4.64. The zero-order chi connectivity index (χ0) is 18.5. The first-order valence-electron chi connectivity index (χ1n) is 8.76. The molecule has 0 saturated heterocycles. The number of carbonyl (C=O) groups excluding carboxylic acids is 2. The second kappa shape index (κ2) is 7.83. The summed E-state index contributed by atoms with van der Waals surface area (Å²) < 4.78 is 0. The quantitative estimate of drug-likeness (QED) is 0.872. The van der Waals surface area contributed by atoms with Crippen LogP contribution in [0.1, 0.15) is 24.5 Å². The van der Waals surface area contributed by atoms with Gasteiger partial charge in [-0.3, -0.25) is 9.59 Å². The number of amides is 2. The van der Waals surface area contributed by atoms with Crippen LogP contribution in [0, 0.1) is 23.2 Å². The molecule has 5 heteroatoms. The zero-order valence-corrected chi connectivity index (χ0v) is 14.7. The highest BCUT2D eigenvalue weighted by atomic mass is 16.2. The van der Waals surface area contributed by atoms with Crippen molar-refractivity contribution in [3.05, 3.63) is 65.7 Å². The molecule has 1 N–H and O–H groups in total. The molecule has 0 heterocycles. The van der Waals surface area contributed by atoms with Crippen molar-refractivity contribution in [1.82, 2.24) is 4.90 Å². The maximum atomic E-state index is 12.7. The van der Waals surface area contributed by atoms with Gasteiger partial charge in [0.1, 0.15) is 0 Å². The molecule has 2 aromatic rings. The summed E-state index contributed by atoms with van der Waals surface area (Å²) in [6.45, 7) is 3.14. The van der Waals surface area contributed by atoms with Gasteiger partial charge in [0.05, 0.1) is 23.5 Å². The fourth-order valence-electron chi connectivity index (χ4n) is 3.00. The molecular weight excluding hydrogens is 326 g/mol. The summed E-state index contributed by atoms with van der Waals surface area (Å²) in [5.41, 5.74) is 2.27. The fraction of sp³-hybridized carbons (Fsp3) is 0.286. The molecule has 0 aromatic heterocycles. The Morgan fingerprint density at radius 2 is 1.81 bits per heavy atom. The molecule has 1 fully saturated rings. The van der Waals surface area contributed by atoms with Crippen molar-refractivity contribution >= 4 is 17.5 Å². The number of benzene rings is 2. The second-order valence-electron chi connectivity index (χ2n) is 6.47. The summed E-state index contributed by atoms with van der Waals surface area (Å²) in [6, 6.07) is 18.6. The first-order valence-corrected chi connectivity index (χ1v) is 8.76.